The average molecular weight is 465 g/mol. The molecule has 2 aromatic carbocycles. The number of carboxylic acids is 1. The first-order chi connectivity index (χ1) is 16.3. The van der Waals surface area contributed by atoms with Crippen LogP contribution in [0.3, 0.4) is 0 Å². The summed E-state index contributed by atoms with van der Waals surface area (Å²) in [6.07, 6.45) is -0.557. The van der Waals surface area contributed by atoms with Gasteiger partial charge in [0.15, 0.2) is 0 Å². The molecule has 0 bridgehead atoms. The van der Waals surface area contributed by atoms with Gasteiger partial charge in [-0.2, -0.15) is 0 Å². The molecule has 34 heavy (non-hydrogen) atoms. The number of hydrogen-bond acceptors (Lipinski definition) is 4. The van der Waals surface area contributed by atoms with Crippen LogP contribution in [0.2, 0.25) is 0 Å². The van der Waals surface area contributed by atoms with E-state index in [0.717, 1.165) is 22.3 Å². The first-order valence-electron chi connectivity index (χ1n) is 11.9. The lowest BCUT2D eigenvalue weighted by Gasteiger charge is -2.26. The number of carbonyl (C=O) groups excluding carboxylic acids is 2. The number of alkyl carbamates (subject to hydrolysis) is 1. The van der Waals surface area contributed by atoms with E-state index in [4.69, 9.17) is 4.74 Å². The molecule has 0 aromatic heterocycles. The van der Waals surface area contributed by atoms with E-state index in [1.165, 1.54) is 0 Å². The fourth-order valence-electron chi connectivity index (χ4n) is 5.15. The largest absolute Gasteiger partial charge is 0.481 e. The second kappa shape index (κ2) is 9.87. The molecule has 1 fully saturated rings. The van der Waals surface area contributed by atoms with Crippen molar-refractivity contribution in [3.05, 3.63) is 59.7 Å². The number of rotatable bonds is 7. The Morgan fingerprint density at radius 2 is 1.62 bits per heavy atom. The Balaban J connectivity index is 1.35. The van der Waals surface area contributed by atoms with Gasteiger partial charge in [0.05, 0.1) is 11.8 Å². The number of carboxylic acid groups (broad SMARTS) is 1. The highest BCUT2D eigenvalue weighted by atomic mass is 16.5. The van der Waals surface area contributed by atoms with E-state index in [9.17, 15) is 19.5 Å². The van der Waals surface area contributed by atoms with Crippen molar-refractivity contribution in [2.24, 2.45) is 23.7 Å². The fourth-order valence-corrected chi connectivity index (χ4v) is 5.15. The van der Waals surface area contributed by atoms with Crippen LogP contribution < -0.4 is 5.32 Å². The van der Waals surface area contributed by atoms with E-state index in [1.807, 2.05) is 45.0 Å². The molecule has 1 saturated heterocycles. The van der Waals surface area contributed by atoms with Crippen LogP contribution in [0.4, 0.5) is 4.79 Å². The minimum absolute atomic E-state index is 0.0134. The van der Waals surface area contributed by atoms with Gasteiger partial charge in [-0.05, 0) is 34.1 Å². The standard InChI is InChI=1S/C27H32N2O5/c1-16(2)22(25(30)29-13-17(3)23(14-29)26(31)32)12-28-27(33)34-15-24-20-10-6-4-8-18(20)19-9-5-7-11-21(19)24/h4-11,16-17,22-24H,12-15H2,1-3H3,(H,28,33)(H,31,32). The number of aliphatic carboxylic acids is 1. The van der Waals surface area contributed by atoms with Crippen LogP contribution in [0, 0.1) is 23.7 Å². The van der Waals surface area contributed by atoms with Crippen molar-refractivity contribution in [2.75, 3.05) is 26.2 Å². The summed E-state index contributed by atoms with van der Waals surface area (Å²) >= 11 is 0. The van der Waals surface area contributed by atoms with Crippen molar-refractivity contribution in [1.82, 2.24) is 10.2 Å². The maximum absolute atomic E-state index is 13.1. The third-order valence-electron chi connectivity index (χ3n) is 7.17. The number of fused-ring (bicyclic) bond motifs is 3. The molecule has 1 heterocycles. The number of hydrogen-bond donors (Lipinski definition) is 2. The molecular weight excluding hydrogens is 432 g/mol. The highest BCUT2D eigenvalue weighted by Crippen LogP contribution is 2.44. The highest BCUT2D eigenvalue weighted by Gasteiger charge is 2.39. The molecule has 4 rings (SSSR count). The van der Waals surface area contributed by atoms with Crippen LogP contribution in [0.25, 0.3) is 11.1 Å². The first-order valence-corrected chi connectivity index (χ1v) is 11.9. The van der Waals surface area contributed by atoms with Gasteiger partial charge in [0, 0.05) is 25.6 Å². The molecule has 2 N–H and O–H groups in total. The summed E-state index contributed by atoms with van der Waals surface area (Å²) in [7, 11) is 0. The molecule has 3 unspecified atom stereocenters. The number of nitrogens with one attached hydrogen (secondary N) is 1. The summed E-state index contributed by atoms with van der Waals surface area (Å²) in [5.41, 5.74) is 4.61. The monoisotopic (exact) mass is 464 g/mol. The van der Waals surface area contributed by atoms with Crippen molar-refractivity contribution >= 4 is 18.0 Å². The normalized spacial score (nSPS) is 20.1. The van der Waals surface area contributed by atoms with Crippen LogP contribution in [0.5, 0.6) is 0 Å². The van der Waals surface area contributed by atoms with Crippen molar-refractivity contribution in [1.29, 1.82) is 0 Å². The first kappa shape index (κ1) is 23.8. The zero-order chi connectivity index (χ0) is 24.4. The van der Waals surface area contributed by atoms with Gasteiger partial charge in [0.1, 0.15) is 6.61 Å². The Labute approximate surface area is 200 Å². The molecule has 2 aromatic rings. The lowest BCUT2D eigenvalue weighted by atomic mass is 9.94. The lowest BCUT2D eigenvalue weighted by molar-refractivity contribution is -0.142. The lowest BCUT2D eigenvalue weighted by Crippen LogP contribution is -2.43. The Morgan fingerprint density at radius 3 is 2.15 bits per heavy atom. The van der Waals surface area contributed by atoms with E-state index in [2.05, 4.69) is 29.6 Å². The fraction of sp³-hybridized carbons (Fsp3) is 0.444. The molecule has 3 atom stereocenters. The summed E-state index contributed by atoms with van der Waals surface area (Å²) in [5, 5.41) is 12.1. The third kappa shape index (κ3) is 4.65. The zero-order valence-electron chi connectivity index (χ0n) is 19.9. The van der Waals surface area contributed by atoms with Gasteiger partial charge in [-0.15, -0.1) is 0 Å². The third-order valence-corrected chi connectivity index (χ3v) is 7.17. The molecule has 0 saturated carbocycles. The second-order valence-corrected chi connectivity index (χ2v) is 9.72. The van der Waals surface area contributed by atoms with E-state index in [1.54, 1.807) is 4.90 Å². The van der Waals surface area contributed by atoms with Gasteiger partial charge < -0.3 is 20.1 Å². The minimum Gasteiger partial charge on any atom is -0.481 e. The van der Waals surface area contributed by atoms with Gasteiger partial charge in [0.25, 0.3) is 0 Å². The Bertz CT molecular complexity index is 1040. The summed E-state index contributed by atoms with van der Waals surface area (Å²) in [6, 6.07) is 16.3. The van der Waals surface area contributed by atoms with E-state index in [0.29, 0.717) is 6.54 Å². The topological polar surface area (TPSA) is 95.9 Å². The number of carbonyl (C=O) groups is 3. The molecule has 1 aliphatic carbocycles. The molecule has 7 nitrogen and oxygen atoms in total. The second-order valence-electron chi connectivity index (χ2n) is 9.72. The van der Waals surface area contributed by atoms with Gasteiger partial charge in [-0.3, -0.25) is 9.59 Å². The maximum atomic E-state index is 13.1. The van der Waals surface area contributed by atoms with Crippen LogP contribution in [0.1, 0.15) is 37.8 Å². The number of nitrogens with zero attached hydrogens (tertiary/aromatic N) is 1. The zero-order valence-corrected chi connectivity index (χ0v) is 19.9. The number of likely N-dealkylation sites (tertiary alicyclic amines) is 1. The van der Waals surface area contributed by atoms with Crippen LogP contribution in [-0.4, -0.2) is 54.2 Å². The number of amides is 2. The Kier molecular flexibility index (Phi) is 6.91. The molecule has 2 aliphatic rings. The molecule has 1 aliphatic heterocycles. The molecule has 0 spiro atoms. The summed E-state index contributed by atoms with van der Waals surface area (Å²) in [4.78, 5) is 38.7. The Hall–Kier alpha value is -3.35. The van der Waals surface area contributed by atoms with E-state index < -0.39 is 23.9 Å². The SMILES string of the molecule is CC(C)C(CNC(=O)OCC1c2ccccc2-c2ccccc21)C(=O)N1CC(C)C(C(=O)O)C1. The van der Waals surface area contributed by atoms with Crippen molar-refractivity contribution < 1.29 is 24.2 Å². The highest BCUT2D eigenvalue weighted by molar-refractivity contribution is 5.82. The van der Waals surface area contributed by atoms with Gasteiger partial charge in [-0.25, -0.2) is 4.79 Å². The number of ether oxygens (including phenoxy) is 1. The maximum Gasteiger partial charge on any atom is 0.407 e. The van der Waals surface area contributed by atoms with E-state index >= 15 is 0 Å². The summed E-state index contributed by atoms with van der Waals surface area (Å²) in [5.74, 6) is -2.12. The summed E-state index contributed by atoms with van der Waals surface area (Å²) < 4.78 is 5.59. The molecular formula is C27H32N2O5. The van der Waals surface area contributed by atoms with Gasteiger partial charge in [0.2, 0.25) is 5.91 Å². The van der Waals surface area contributed by atoms with Crippen molar-refractivity contribution in [3.8, 4) is 11.1 Å². The summed E-state index contributed by atoms with van der Waals surface area (Å²) in [6.45, 7) is 6.70. The van der Waals surface area contributed by atoms with Gasteiger partial charge in [-0.1, -0.05) is 69.3 Å². The molecule has 0 radical (unpaired) electrons. The molecule has 180 valence electrons. The van der Waals surface area contributed by atoms with Gasteiger partial charge >= 0.3 is 12.1 Å². The van der Waals surface area contributed by atoms with Crippen LogP contribution in [0.15, 0.2) is 48.5 Å². The quantitative estimate of drug-likeness (QED) is 0.646. The molecule has 7 heteroatoms. The molecule has 2 amide bonds. The van der Waals surface area contributed by atoms with Crippen molar-refractivity contribution in [2.45, 2.75) is 26.7 Å². The predicted molar refractivity (Wildman–Crippen MR) is 128 cm³/mol. The van der Waals surface area contributed by atoms with Crippen molar-refractivity contribution in [3.63, 3.8) is 0 Å². The predicted octanol–water partition coefficient (Wildman–Crippen LogP) is 3.98. The smallest absolute Gasteiger partial charge is 0.407 e. The Morgan fingerprint density at radius 1 is 1.03 bits per heavy atom. The average Bonchev–Trinajstić information content (AvgIpc) is 3.36. The minimum atomic E-state index is -0.874. The van der Waals surface area contributed by atoms with Crippen LogP contribution >= 0.6 is 0 Å². The number of benzene rings is 2. The van der Waals surface area contributed by atoms with Crippen LogP contribution in [-0.2, 0) is 14.3 Å². The van der Waals surface area contributed by atoms with E-state index in [-0.39, 0.29) is 43.4 Å².